The third-order valence-corrected chi connectivity index (χ3v) is 4.27. The van der Waals surface area contributed by atoms with E-state index in [-0.39, 0.29) is 5.91 Å². The second-order valence-corrected chi connectivity index (χ2v) is 6.14. The van der Waals surface area contributed by atoms with Gasteiger partial charge in [-0.1, -0.05) is 0 Å². The van der Waals surface area contributed by atoms with Crippen LogP contribution in [-0.4, -0.2) is 49.1 Å². The Morgan fingerprint density at radius 1 is 1.29 bits per heavy atom. The van der Waals surface area contributed by atoms with E-state index in [0.717, 1.165) is 31.7 Å². The highest BCUT2D eigenvalue weighted by molar-refractivity contribution is 5.78. The normalized spacial score (nSPS) is 27.6. The van der Waals surface area contributed by atoms with Crippen LogP contribution in [0.25, 0.3) is 0 Å². The Kier molecular flexibility index (Phi) is 2.87. The molecule has 0 bridgehead atoms. The van der Waals surface area contributed by atoms with Crippen molar-refractivity contribution in [3.8, 4) is 0 Å². The fraction of sp³-hybridized carbons (Fsp3) is 0.923. The molecule has 3 rings (SSSR count). The zero-order chi connectivity index (χ0) is 11.9. The molecule has 4 heteroatoms. The van der Waals surface area contributed by atoms with E-state index in [1.54, 1.807) is 0 Å². The zero-order valence-corrected chi connectivity index (χ0v) is 10.7. The van der Waals surface area contributed by atoms with E-state index in [4.69, 9.17) is 0 Å². The molecular weight excluding hydrogens is 214 g/mol. The molecule has 2 aliphatic carbocycles. The van der Waals surface area contributed by atoms with Crippen LogP contribution in [0.2, 0.25) is 0 Å². The Morgan fingerprint density at radius 2 is 2.00 bits per heavy atom. The summed E-state index contributed by atoms with van der Waals surface area (Å²) < 4.78 is 0. The third kappa shape index (κ3) is 2.47. The van der Waals surface area contributed by atoms with Crippen LogP contribution in [0, 0.1) is 5.41 Å². The summed E-state index contributed by atoms with van der Waals surface area (Å²) in [7, 11) is 0. The number of amides is 1. The summed E-state index contributed by atoms with van der Waals surface area (Å²) in [6.07, 6.45) is 5.42. The van der Waals surface area contributed by atoms with Gasteiger partial charge in [0.25, 0.3) is 0 Å². The van der Waals surface area contributed by atoms with Crippen molar-refractivity contribution in [2.75, 3.05) is 26.2 Å². The molecule has 17 heavy (non-hydrogen) atoms. The van der Waals surface area contributed by atoms with Gasteiger partial charge in [-0.3, -0.25) is 9.69 Å². The summed E-state index contributed by atoms with van der Waals surface area (Å²) in [5.41, 5.74) is 0.569. The fourth-order valence-corrected chi connectivity index (χ4v) is 3.42. The van der Waals surface area contributed by atoms with Crippen LogP contribution < -0.4 is 10.6 Å². The van der Waals surface area contributed by atoms with E-state index in [9.17, 15) is 4.79 Å². The summed E-state index contributed by atoms with van der Waals surface area (Å²) in [6, 6.07) is 1.61. The van der Waals surface area contributed by atoms with Gasteiger partial charge in [-0.15, -0.1) is 0 Å². The van der Waals surface area contributed by atoms with Gasteiger partial charge in [0.1, 0.15) is 0 Å². The minimum Gasteiger partial charge on any atom is -0.355 e. The van der Waals surface area contributed by atoms with Gasteiger partial charge in [0.05, 0.1) is 6.54 Å². The number of likely N-dealkylation sites (tertiary alicyclic amines) is 1. The molecule has 0 aromatic carbocycles. The van der Waals surface area contributed by atoms with Crippen molar-refractivity contribution in [3.05, 3.63) is 0 Å². The average Bonchev–Trinajstić information content (AvgIpc) is 2.95. The Labute approximate surface area is 103 Å². The van der Waals surface area contributed by atoms with Crippen molar-refractivity contribution >= 4 is 5.91 Å². The van der Waals surface area contributed by atoms with Gasteiger partial charge in [0.15, 0.2) is 0 Å². The largest absolute Gasteiger partial charge is 0.355 e. The van der Waals surface area contributed by atoms with Crippen LogP contribution in [0.15, 0.2) is 0 Å². The smallest absolute Gasteiger partial charge is 0.234 e. The molecule has 0 unspecified atom stereocenters. The summed E-state index contributed by atoms with van der Waals surface area (Å²) >= 11 is 0. The lowest BCUT2D eigenvalue weighted by molar-refractivity contribution is -0.130. The molecule has 1 saturated heterocycles. The van der Waals surface area contributed by atoms with Crippen molar-refractivity contribution in [2.24, 2.45) is 5.41 Å². The first kappa shape index (κ1) is 11.5. The maximum absolute atomic E-state index is 11.4. The van der Waals surface area contributed by atoms with Gasteiger partial charge in [0.2, 0.25) is 5.91 Å². The Bertz CT molecular complexity index is 300. The molecule has 1 spiro atoms. The highest BCUT2D eigenvalue weighted by Crippen LogP contribution is 2.48. The van der Waals surface area contributed by atoms with Crippen molar-refractivity contribution in [3.63, 3.8) is 0 Å². The molecule has 96 valence electrons. The highest BCUT2D eigenvalue weighted by atomic mass is 16.2. The minimum absolute atomic E-state index is 0.175. The number of carbonyl (C=O) groups excluding carboxylic acids is 1. The lowest BCUT2D eigenvalue weighted by Crippen LogP contribution is -2.67. The van der Waals surface area contributed by atoms with E-state index in [1.165, 1.54) is 25.7 Å². The van der Waals surface area contributed by atoms with Gasteiger partial charge in [-0.25, -0.2) is 0 Å². The van der Waals surface area contributed by atoms with Crippen molar-refractivity contribution in [1.82, 2.24) is 15.5 Å². The van der Waals surface area contributed by atoms with E-state index in [2.05, 4.69) is 15.5 Å². The van der Waals surface area contributed by atoms with Gasteiger partial charge in [0, 0.05) is 31.7 Å². The minimum atomic E-state index is 0.175. The van der Waals surface area contributed by atoms with Gasteiger partial charge in [-0.05, 0) is 38.0 Å². The molecule has 1 amide bonds. The number of hydrogen-bond acceptors (Lipinski definition) is 3. The quantitative estimate of drug-likeness (QED) is 0.725. The third-order valence-electron chi connectivity index (χ3n) is 4.27. The Morgan fingerprint density at radius 3 is 2.59 bits per heavy atom. The molecule has 2 N–H and O–H groups in total. The molecule has 2 saturated carbocycles. The Hall–Kier alpha value is -0.610. The standard InChI is InChI=1S/C13H23N3O/c1-2-14-12(17)7-16-8-13(9-16)5-11(6-13)15-10-3-4-10/h10-11,15H,2-9H2,1H3,(H,14,17). The second-order valence-electron chi connectivity index (χ2n) is 6.14. The molecule has 0 aromatic heterocycles. The molecular formula is C13H23N3O. The van der Waals surface area contributed by atoms with Crippen molar-refractivity contribution < 1.29 is 4.79 Å². The molecule has 3 aliphatic rings. The van der Waals surface area contributed by atoms with Gasteiger partial charge in [-0.2, -0.15) is 0 Å². The SMILES string of the molecule is CCNC(=O)CN1CC2(CC(NC3CC3)C2)C1. The van der Waals surface area contributed by atoms with Crippen LogP contribution in [0.3, 0.4) is 0 Å². The Balaban J connectivity index is 1.33. The van der Waals surface area contributed by atoms with Crippen molar-refractivity contribution in [2.45, 2.75) is 44.7 Å². The number of hydrogen-bond donors (Lipinski definition) is 2. The predicted octanol–water partition coefficient (Wildman–Crippen LogP) is 0.339. The number of likely N-dealkylation sites (N-methyl/N-ethyl adjacent to an activating group) is 1. The molecule has 1 aliphatic heterocycles. The predicted molar refractivity (Wildman–Crippen MR) is 66.7 cm³/mol. The molecule has 3 fully saturated rings. The number of carbonyl (C=O) groups is 1. The van der Waals surface area contributed by atoms with Gasteiger partial charge >= 0.3 is 0 Å². The van der Waals surface area contributed by atoms with Crippen LogP contribution in [0.4, 0.5) is 0 Å². The van der Waals surface area contributed by atoms with E-state index >= 15 is 0 Å². The first-order chi connectivity index (χ1) is 8.19. The van der Waals surface area contributed by atoms with Crippen LogP contribution in [0.1, 0.15) is 32.6 Å². The summed E-state index contributed by atoms with van der Waals surface area (Å²) in [4.78, 5) is 13.7. The molecule has 0 radical (unpaired) electrons. The molecule has 0 aromatic rings. The maximum atomic E-state index is 11.4. The van der Waals surface area contributed by atoms with E-state index in [1.807, 2.05) is 6.92 Å². The van der Waals surface area contributed by atoms with E-state index < -0.39 is 0 Å². The number of nitrogens with zero attached hydrogens (tertiary/aromatic N) is 1. The monoisotopic (exact) mass is 237 g/mol. The fourth-order valence-electron chi connectivity index (χ4n) is 3.42. The summed E-state index contributed by atoms with van der Waals surface area (Å²) in [5, 5.41) is 6.55. The second kappa shape index (κ2) is 4.25. The lowest BCUT2D eigenvalue weighted by Gasteiger charge is -2.59. The van der Waals surface area contributed by atoms with Crippen LogP contribution >= 0.6 is 0 Å². The lowest BCUT2D eigenvalue weighted by atomic mass is 9.60. The summed E-state index contributed by atoms with van der Waals surface area (Å²) in [5.74, 6) is 0.175. The number of rotatable bonds is 5. The van der Waals surface area contributed by atoms with Crippen LogP contribution in [0.5, 0.6) is 0 Å². The first-order valence-electron chi connectivity index (χ1n) is 6.94. The van der Waals surface area contributed by atoms with Gasteiger partial charge < -0.3 is 10.6 Å². The van der Waals surface area contributed by atoms with Crippen molar-refractivity contribution in [1.29, 1.82) is 0 Å². The topological polar surface area (TPSA) is 44.4 Å². The molecule has 0 atom stereocenters. The molecule has 1 heterocycles. The zero-order valence-electron chi connectivity index (χ0n) is 10.7. The first-order valence-corrected chi connectivity index (χ1v) is 6.94. The number of nitrogens with one attached hydrogen (secondary N) is 2. The van der Waals surface area contributed by atoms with Crippen LogP contribution in [-0.2, 0) is 4.79 Å². The summed E-state index contributed by atoms with van der Waals surface area (Å²) in [6.45, 7) is 5.57. The average molecular weight is 237 g/mol. The highest BCUT2D eigenvalue weighted by Gasteiger charge is 2.52. The maximum Gasteiger partial charge on any atom is 0.234 e. The van der Waals surface area contributed by atoms with E-state index in [0.29, 0.717) is 12.0 Å². The molecule has 4 nitrogen and oxygen atoms in total.